The third-order valence-corrected chi connectivity index (χ3v) is 3.48. The van der Waals surface area contributed by atoms with Gasteiger partial charge in [-0.05, 0) is 70.1 Å². The van der Waals surface area contributed by atoms with Gasteiger partial charge in [0.25, 0.3) is 0 Å². The number of nitrogens with zero attached hydrogens (tertiary/aromatic N) is 2. The highest BCUT2D eigenvalue weighted by molar-refractivity contribution is 5.60. The van der Waals surface area contributed by atoms with Crippen LogP contribution in [0.25, 0.3) is 11.4 Å². The van der Waals surface area contributed by atoms with Crippen molar-refractivity contribution in [1.29, 1.82) is 0 Å². The molecule has 0 fully saturated rings. The second-order valence-corrected chi connectivity index (χ2v) is 5.01. The van der Waals surface area contributed by atoms with Crippen molar-refractivity contribution in [1.82, 2.24) is 15.3 Å². The van der Waals surface area contributed by atoms with Crippen LogP contribution >= 0.6 is 0 Å². The van der Waals surface area contributed by atoms with Crippen molar-refractivity contribution in [3.63, 3.8) is 0 Å². The van der Waals surface area contributed by atoms with Gasteiger partial charge in [-0.25, -0.2) is 14.4 Å². The minimum atomic E-state index is -0.231. The number of nitrogens with one attached hydrogen (secondary N) is 1. The molecule has 0 atom stereocenters. The van der Waals surface area contributed by atoms with Crippen LogP contribution in [-0.2, 0) is 6.42 Å². The molecule has 0 radical (unpaired) electrons. The third-order valence-electron chi connectivity index (χ3n) is 3.48. The van der Waals surface area contributed by atoms with Crippen molar-refractivity contribution in [2.24, 2.45) is 0 Å². The Kier molecular flexibility index (Phi) is 4.45. The van der Waals surface area contributed by atoms with Crippen molar-refractivity contribution in [3.8, 4) is 11.4 Å². The van der Waals surface area contributed by atoms with Crippen LogP contribution < -0.4 is 5.32 Å². The first kappa shape index (κ1) is 14.6. The quantitative estimate of drug-likeness (QED) is 0.930. The Bertz CT molecular complexity index is 600. The normalized spacial score (nSPS) is 10.8. The Balaban J connectivity index is 2.44. The molecule has 1 heterocycles. The molecule has 0 amide bonds. The average molecular weight is 273 g/mol. The molecule has 20 heavy (non-hydrogen) atoms. The molecule has 106 valence electrons. The SMILES string of the molecule is CNCCc1c(C)nc(-c2ccc(F)cc2C)nc1C. The van der Waals surface area contributed by atoms with Crippen LogP contribution in [0.3, 0.4) is 0 Å². The van der Waals surface area contributed by atoms with Crippen LogP contribution in [0, 0.1) is 26.6 Å². The predicted molar refractivity (Wildman–Crippen MR) is 79.3 cm³/mol. The van der Waals surface area contributed by atoms with E-state index in [9.17, 15) is 4.39 Å². The molecular formula is C16H20FN3. The van der Waals surface area contributed by atoms with Gasteiger partial charge in [-0.2, -0.15) is 0 Å². The van der Waals surface area contributed by atoms with Gasteiger partial charge in [-0.15, -0.1) is 0 Å². The smallest absolute Gasteiger partial charge is 0.159 e. The van der Waals surface area contributed by atoms with Gasteiger partial charge in [0, 0.05) is 17.0 Å². The van der Waals surface area contributed by atoms with E-state index in [0.29, 0.717) is 5.82 Å². The molecule has 0 aliphatic carbocycles. The number of hydrogen-bond donors (Lipinski definition) is 1. The van der Waals surface area contributed by atoms with Crippen LogP contribution in [0.1, 0.15) is 22.5 Å². The highest BCUT2D eigenvalue weighted by Crippen LogP contribution is 2.23. The fourth-order valence-corrected chi connectivity index (χ4v) is 2.35. The van der Waals surface area contributed by atoms with Gasteiger partial charge in [-0.1, -0.05) is 0 Å². The van der Waals surface area contributed by atoms with Gasteiger partial charge in [0.1, 0.15) is 5.82 Å². The zero-order valence-corrected chi connectivity index (χ0v) is 12.4. The Labute approximate surface area is 119 Å². The summed E-state index contributed by atoms with van der Waals surface area (Å²) in [6.45, 7) is 6.78. The Morgan fingerprint density at radius 2 is 1.75 bits per heavy atom. The maximum Gasteiger partial charge on any atom is 0.159 e. The van der Waals surface area contributed by atoms with Crippen molar-refractivity contribution in [3.05, 3.63) is 46.5 Å². The molecule has 0 aliphatic rings. The average Bonchev–Trinajstić information content (AvgIpc) is 2.37. The summed E-state index contributed by atoms with van der Waals surface area (Å²) in [6.07, 6.45) is 0.914. The van der Waals surface area contributed by atoms with Gasteiger partial charge in [-0.3, -0.25) is 0 Å². The largest absolute Gasteiger partial charge is 0.319 e. The van der Waals surface area contributed by atoms with E-state index in [1.54, 1.807) is 6.07 Å². The maximum atomic E-state index is 13.2. The number of hydrogen-bond acceptors (Lipinski definition) is 3. The first-order valence-corrected chi connectivity index (χ1v) is 6.78. The van der Waals surface area contributed by atoms with E-state index in [0.717, 1.165) is 35.5 Å². The van der Waals surface area contributed by atoms with Crippen molar-refractivity contribution in [2.75, 3.05) is 13.6 Å². The third kappa shape index (κ3) is 3.02. The number of aromatic nitrogens is 2. The maximum absolute atomic E-state index is 13.2. The zero-order valence-electron chi connectivity index (χ0n) is 12.4. The molecule has 4 heteroatoms. The zero-order chi connectivity index (χ0) is 14.7. The number of likely N-dealkylation sites (N-methyl/N-ethyl adjacent to an activating group) is 1. The highest BCUT2D eigenvalue weighted by Gasteiger charge is 2.11. The molecule has 1 aromatic heterocycles. The van der Waals surface area contributed by atoms with Gasteiger partial charge in [0.15, 0.2) is 5.82 Å². The van der Waals surface area contributed by atoms with Crippen molar-refractivity contribution in [2.45, 2.75) is 27.2 Å². The summed E-state index contributed by atoms with van der Waals surface area (Å²) in [6, 6.07) is 4.70. The summed E-state index contributed by atoms with van der Waals surface area (Å²) in [5.41, 5.74) is 4.91. The minimum absolute atomic E-state index is 0.231. The molecule has 2 aromatic rings. The van der Waals surface area contributed by atoms with Gasteiger partial charge < -0.3 is 5.32 Å². The molecule has 2 rings (SSSR count). The molecule has 0 aliphatic heterocycles. The van der Waals surface area contributed by atoms with Crippen LogP contribution in [0.5, 0.6) is 0 Å². The lowest BCUT2D eigenvalue weighted by Gasteiger charge is -2.12. The lowest BCUT2D eigenvalue weighted by Crippen LogP contribution is -2.13. The second kappa shape index (κ2) is 6.09. The Morgan fingerprint density at radius 3 is 2.30 bits per heavy atom. The van der Waals surface area contributed by atoms with E-state index >= 15 is 0 Å². The fourth-order valence-electron chi connectivity index (χ4n) is 2.35. The van der Waals surface area contributed by atoms with E-state index < -0.39 is 0 Å². The summed E-state index contributed by atoms with van der Waals surface area (Å²) in [7, 11) is 1.93. The van der Waals surface area contributed by atoms with Gasteiger partial charge in [0.2, 0.25) is 0 Å². The van der Waals surface area contributed by atoms with E-state index in [1.165, 1.54) is 17.7 Å². The monoisotopic (exact) mass is 273 g/mol. The van der Waals surface area contributed by atoms with E-state index in [4.69, 9.17) is 0 Å². The van der Waals surface area contributed by atoms with Gasteiger partial charge >= 0.3 is 0 Å². The van der Waals surface area contributed by atoms with Crippen LogP contribution in [0.15, 0.2) is 18.2 Å². The van der Waals surface area contributed by atoms with Crippen molar-refractivity contribution < 1.29 is 4.39 Å². The summed E-state index contributed by atoms with van der Waals surface area (Å²) < 4.78 is 13.2. The van der Waals surface area contributed by atoms with Crippen LogP contribution in [0.2, 0.25) is 0 Å². The highest BCUT2D eigenvalue weighted by atomic mass is 19.1. The Morgan fingerprint density at radius 1 is 1.10 bits per heavy atom. The fraction of sp³-hybridized carbons (Fsp3) is 0.375. The number of benzene rings is 1. The molecule has 0 saturated heterocycles. The standard InChI is InChI=1S/C16H20FN3/c1-10-9-13(17)5-6-14(10)16-19-11(2)15(7-8-18-4)12(3)20-16/h5-6,9,18H,7-8H2,1-4H3. The first-order valence-electron chi connectivity index (χ1n) is 6.78. The molecule has 0 saturated carbocycles. The van der Waals surface area contributed by atoms with E-state index in [1.807, 2.05) is 27.8 Å². The molecule has 1 N–H and O–H groups in total. The summed E-state index contributed by atoms with van der Waals surface area (Å²) in [5.74, 6) is 0.441. The molecule has 0 spiro atoms. The van der Waals surface area contributed by atoms with Gasteiger partial charge in [0.05, 0.1) is 0 Å². The lowest BCUT2D eigenvalue weighted by molar-refractivity contribution is 0.627. The molecule has 1 aromatic carbocycles. The molecular weight excluding hydrogens is 253 g/mol. The molecule has 3 nitrogen and oxygen atoms in total. The summed E-state index contributed by atoms with van der Waals surface area (Å²) in [5, 5.41) is 3.14. The molecule has 0 unspecified atom stereocenters. The number of rotatable bonds is 4. The van der Waals surface area contributed by atoms with Crippen LogP contribution in [0.4, 0.5) is 4.39 Å². The number of halogens is 1. The first-order chi connectivity index (χ1) is 9.52. The predicted octanol–water partition coefficient (Wildman–Crippen LogP) is 2.97. The van der Waals surface area contributed by atoms with E-state index in [2.05, 4.69) is 15.3 Å². The van der Waals surface area contributed by atoms with E-state index in [-0.39, 0.29) is 5.82 Å². The van der Waals surface area contributed by atoms with Crippen LogP contribution in [-0.4, -0.2) is 23.6 Å². The number of aryl methyl sites for hydroxylation is 3. The lowest BCUT2D eigenvalue weighted by atomic mass is 10.1. The summed E-state index contributed by atoms with van der Waals surface area (Å²) >= 11 is 0. The topological polar surface area (TPSA) is 37.8 Å². The Hall–Kier alpha value is -1.81. The molecule has 0 bridgehead atoms. The summed E-state index contributed by atoms with van der Waals surface area (Å²) in [4.78, 5) is 9.17. The second-order valence-electron chi connectivity index (χ2n) is 5.01. The van der Waals surface area contributed by atoms with Crippen molar-refractivity contribution >= 4 is 0 Å². The minimum Gasteiger partial charge on any atom is -0.319 e.